The molecule has 492 valence electrons. The van der Waals surface area contributed by atoms with Crippen LogP contribution in [0.5, 0.6) is 0 Å². The molecule has 0 saturated heterocycles. The van der Waals surface area contributed by atoms with E-state index in [1.165, 1.54) is 19.8 Å². The van der Waals surface area contributed by atoms with Gasteiger partial charge in [0.2, 0.25) is 0 Å². The average molecular weight is 1320 g/mol. The minimum absolute atomic E-state index is 0.0802. The van der Waals surface area contributed by atoms with Crippen LogP contribution in [0.25, 0.3) is 33.4 Å². The summed E-state index contributed by atoms with van der Waals surface area (Å²) in [5.74, 6) is -1.60. The molecule has 6 aromatic carbocycles. The Balaban J connectivity index is 0.000000179. The molecule has 4 aliphatic rings. The summed E-state index contributed by atoms with van der Waals surface area (Å²) in [6.45, 7) is 35.3. The molecule has 92 heavy (non-hydrogen) atoms. The number of carbonyl (C=O) groups excluding carboxylic acids is 4. The van der Waals surface area contributed by atoms with Gasteiger partial charge in [0.1, 0.15) is 11.6 Å². The zero-order valence-electron chi connectivity index (χ0n) is 57.7. The van der Waals surface area contributed by atoms with Gasteiger partial charge in [-0.25, -0.2) is 14.4 Å². The summed E-state index contributed by atoms with van der Waals surface area (Å²) in [5, 5.41) is 17.5. The number of ketones is 2. The number of Topliss-reactive ketones (excluding diaryl/α,β-unsaturated/α-hetero) is 2. The normalized spacial score (nSPS) is 18.4. The number of nitrogens with two attached hydrogens (primary N) is 1. The average Bonchev–Trinajstić information content (AvgIpc) is 1.50. The molecule has 7 atom stereocenters. The second-order valence-electron chi connectivity index (χ2n) is 28.4. The number of nitrogen functional groups attached to an aromatic ring is 1. The fraction of sp³-hybridized carbons (Fsp3) is 0.468. The van der Waals surface area contributed by atoms with Crippen molar-refractivity contribution in [2.24, 2.45) is 0 Å². The lowest BCUT2D eigenvalue weighted by Gasteiger charge is -2.31. The topological polar surface area (TPSA) is 202 Å². The molecule has 10 rings (SSSR count). The highest BCUT2D eigenvalue weighted by molar-refractivity contribution is 9.10. The van der Waals surface area contributed by atoms with E-state index in [9.17, 15) is 29.1 Å². The van der Waals surface area contributed by atoms with Gasteiger partial charge in [0.25, 0.3) is 0 Å². The standard InChI is InChI=1S/C28H35NO4.C27H33NO4.C22H28BrNO3/c1-15-11-13-18(14-12-15)21-16(2)22-24-19(9-8-10-20(24)30)29-25(22)17(3)23(21)26(27(31)32-7)33-28(4,5)6;1-14-10-12-17(13-11-14)20-15(2)21-23-18(8-7-9-19(23)29)28-24(21)16(3)22(20)25(26(30)31)32-27(4,5)6;1-12-8-10-15(11-9-12)16-13(2)18(23)19(24)14(3)17(16)20(21(25)26-7)27-22(4,5)6/h11-14,19,24,26,29H,8-10H2,1-7H3;10-13,18,23,25,28H,7-9H2,1-6H3,(H,30,31);8-11,20H,24H2,1-7H3/t19?,24?,26-;18?,23?,25-;20-/m000/s1. The number of benzene rings is 6. The molecule has 0 bridgehead atoms. The summed E-state index contributed by atoms with van der Waals surface area (Å²) < 4.78 is 29.7. The van der Waals surface area contributed by atoms with Gasteiger partial charge in [0.05, 0.1) is 42.9 Å². The largest absolute Gasteiger partial charge is 0.479 e. The number of halogens is 1. The van der Waals surface area contributed by atoms with E-state index in [4.69, 9.17) is 29.4 Å². The molecule has 2 aliphatic heterocycles. The van der Waals surface area contributed by atoms with Crippen molar-refractivity contribution >= 4 is 62.5 Å². The highest BCUT2D eigenvalue weighted by Crippen LogP contribution is 2.54. The third kappa shape index (κ3) is 14.8. The smallest absolute Gasteiger partial charge is 0.339 e. The van der Waals surface area contributed by atoms with E-state index >= 15 is 0 Å². The third-order valence-electron chi connectivity index (χ3n) is 18.1. The molecule has 2 heterocycles. The fourth-order valence-electron chi connectivity index (χ4n) is 14.0. The molecule has 5 N–H and O–H groups in total. The van der Waals surface area contributed by atoms with Crippen molar-refractivity contribution in [3.63, 3.8) is 0 Å². The number of ether oxygens (including phenoxy) is 5. The highest BCUT2D eigenvalue weighted by atomic mass is 79.9. The Morgan fingerprint density at radius 1 is 0.489 bits per heavy atom. The first-order valence-corrected chi connectivity index (χ1v) is 32.9. The molecule has 2 aliphatic carbocycles. The maximum absolute atomic E-state index is 13.1. The van der Waals surface area contributed by atoms with Crippen LogP contribution in [-0.2, 0) is 47.7 Å². The van der Waals surface area contributed by atoms with Crippen LogP contribution in [0.1, 0.15) is 209 Å². The highest BCUT2D eigenvalue weighted by Gasteiger charge is 2.46. The second-order valence-corrected chi connectivity index (χ2v) is 29.2. The Bertz CT molecular complexity index is 3810. The molecule has 2 fully saturated rings. The molecule has 0 amide bonds. The number of aryl methyl sites for hydroxylation is 3. The van der Waals surface area contributed by atoms with E-state index in [2.05, 4.69) is 88.9 Å². The van der Waals surface area contributed by atoms with Crippen LogP contribution in [0.2, 0.25) is 0 Å². The van der Waals surface area contributed by atoms with E-state index in [-0.39, 0.29) is 29.7 Å². The van der Waals surface area contributed by atoms with Crippen LogP contribution in [0.4, 0.5) is 17.1 Å². The Morgan fingerprint density at radius 3 is 1.11 bits per heavy atom. The lowest BCUT2D eigenvalue weighted by molar-refractivity contribution is -0.164. The van der Waals surface area contributed by atoms with E-state index in [0.717, 1.165) is 142 Å². The minimum Gasteiger partial charge on any atom is -0.479 e. The predicted octanol–water partition coefficient (Wildman–Crippen LogP) is 17.4. The van der Waals surface area contributed by atoms with Crippen molar-refractivity contribution in [1.29, 1.82) is 0 Å². The van der Waals surface area contributed by atoms with Gasteiger partial charge < -0.3 is 45.2 Å². The number of rotatable bonds is 12. The summed E-state index contributed by atoms with van der Waals surface area (Å²) in [6, 6.07) is 24.9. The van der Waals surface area contributed by atoms with Gasteiger partial charge >= 0.3 is 17.9 Å². The molecule has 0 radical (unpaired) electrons. The Morgan fingerprint density at radius 2 is 0.793 bits per heavy atom. The van der Waals surface area contributed by atoms with Gasteiger partial charge in [-0.1, -0.05) is 89.5 Å². The van der Waals surface area contributed by atoms with Crippen molar-refractivity contribution in [3.05, 3.63) is 155 Å². The molecular weight excluding hydrogens is 1220 g/mol. The lowest BCUT2D eigenvalue weighted by Crippen LogP contribution is -2.31. The van der Waals surface area contributed by atoms with E-state index < -0.39 is 53.0 Å². The van der Waals surface area contributed by atoms with Gasteiger partial charge in [-0.15, -0.1) is 0 Å². The number of esters is 2. The van der Waals surface area contributed by atoms with Crippen molar-refractivity contribution in [3.8, 4) is 33.4 Å². The summed E-state index contributed by atoms with van der Waals surface area (Å²) in [7, 11) is 2.77. The Kier molecular flexibility index (Phi) is 21.4. The van der Waals surface area contributed by atoms with Crippen LogP contribution in [0.15, 0.2) is 77.3 Å². The molecule has 6 aromatic rings. The monoisotopic (exact) mass is 1320 g/mol. The van der Waals surface area contributed by atoms with E-state index in [1.54, 1.807) is 0 Å². The lowest BCUT2D eigenvalue weighted by atomic mass is 9.76. The molecular formula is C77H96BrN3O11. The molecule has 15 heteroatoms. The summed E-state index contributed by atoms with van der Waals surface area (Å²) >= 11 is 3.61. The quantitative estimate of drug-likeness (QED) is 0.0666. The first kappa shape index (κ1) is 70.7. The van der Waals surface area contributed by atoms with Gasteiger partial charge in [-0.2, -0.15) is 0 Å². The Hall–Kier alpha value is -7.17. The molecule has 14 nitrogen and oxygen atoms in total. The minimum atomic E-state index is -1.12. The fourth-order valence-corrected chi connectivity index (χ4v) is 14.5. The van der Waals surface area contributed by atoms with Crippen molar-refractivity contribution < 1.29 is 52.8 Å². The van der Waals surface area contributed by atoms with Gasteiger partial charge in [0, 0.05) is 63.2 Å². The van der Waals surface area contributed by atoms with E-state index in [0.29, 0.717) is 29.9 Å². The number of carbonyl (C=O) groups is 5. The number of hydrogen-bond donors (Lipinski definition) is 4. The predicted molar refractivity (Wildman–Crippen MR) is 371 cm³/mol. The number of fused-ring (bicyclic) bond motifs is 6. The van der Waals surface area contributed by atoms with Crippen LogP contribution in [-0.4, -0.2) is 77.7 Å². The SMILES string of the molecule is COC(=O)[C@@H](OC(C)(C)C)c1c(C)c(N)c(Br)c(C)c1-c1ccc(C)cc1.COC(=O)[C@@H](OC(C)(C)C)c1c(C)c2c(c(C)c1-c1ccc(C)cc1)C1C(=O)CCCC1N2.Cc1ccc(-c2c(C)c3c(c(C)c2[C@H](OC(C)(C)C)C(=O)O)NC2CCCC(=O)C32)cc1. The Labute approximate surface area is 553 Å². The summed E-state index contributed by atoms with van der Waals surface area (Å²) in [5.41, 5.74) is 26.3. The maximum Gasteiger partial charge on any atom is 0.339 e. The van der Waals surface area contributed by atoms with Gasteiger partial charge in [0.15, 0.2) is 18.3 Å². The first-order valence-electron chi connectivity index (χ1n) is 32.1. The zero-order chi connectivity index (χ0) is 68.0. The van der Waals surface area contributed by atoms with Crippen molar-refractivity contribution in [2.45, 2.75) is 222 Å². The number of anilines is 3. The van der Waals surface area contributed by atoms with Crippen LogP contribution in [0.3, 0.4) is 0 Å². The summed E-state index contributed by atoms with van der Waals surface area (Å²) in [4.78, 5) is 64.2. The van der Waals surface area contributed by atoms with Gasteiger partial charge in [-0.3, -0.25) is 9.59 Å². The zero-order valence-corrected chi connectivity index (χ0v) is 59.3. The van der Waals surface area contributed by atoms with Crippen LogP contribution >= 0.6 is 15.9 Å². The van der Waals surface area contributed by atoms with Crippen LogP contribution in [0, 0.1) is 62.3 Å². The third-order valence-corrected chi connectivity index (χ3v) is 19.2. The number of aliphatic carboxylic acids is 1. The maximum atomic E-state index is 13.1. The summed E-state index contributed by atoms with van der Waals surface area (Å²) in [6.07, 6.45) is 2.08. The number of hydrogen-bond acceptors (Lipinski definition) is 13. The second kappa shape index (κ2) is 27.8. The molecule has 2 saturated carbocycles. The van der Waals surface area contributed by atoms with Crippen molar-refractivity contribution in [1.82, 2.24) is 0 Å². The molecule has 4 unspecified atom stereocenters. The molecule has 0 aromatic heterocycles. The molecule has 0 spiro atoms. The number of carboxylic acids is 1. The van der Waals surface area contributed by atoms with E-state index in [1.807, 2.05) is 135 Å². The van der Waals surface area contributed by atoms with Crippen molar-refractivity contribution in [2.75, 3.05) is 30.6 Å². The number of nitrogens with one attached hydrogen (secondary N) is 2. The van der Waals surface area contributed by atoms with Crippen LogP contribution < -0.4 is 16.4 Å². The first-order chi connectivity index (χ1) is 43.0. The number of methoxy groups -OCH3 is 2. The number of carboxylic acid groups (broad SMARTS) is 1. The van der Waals surface area contributed by atoms with Gasteiger partial charge in [-0.05, 0) is 244 Å².